The molecule has 3 heteroatoms. The monoisotopic (exact) mass is 234 g/mol. The van der Waals surface area contributed by atoms with Crippen molar-refractivity contribution in [3.8, 4) is 11.1 Å². The summed E-state index contributed by atoms with van der Waals surface area (Å²) in [5.41, 5.74) is 2.23. The standard InChI is InChI=1S/C13H15ClN2/c1-3-10(2)16-9-12(8-15-16)11-5-4-6-13(14)7-11/h4-10H,3H2,1-2H3. The molecule has 1 unspecified atom stereocenters. The quantitative estimate of drug-likeness (QED) is 0.779. The summed E-state index contributed by atoms with van der Waals surface area (Å²) in [6.07, 6.45) is 5.04. The van der Waals surface area contributed by atoms with E-state index in [1.807, 2.05) is 35.1 Å². The van der Waals surface area contributed by atoms with E-state index in [0.29, 0.717) is 6.04 Å². The number of aromatic nitrogens is 2. The zero-order valence-corrected chi connectivity index (χ0v) is 10.3. The Morgan fingerprint density at radius 1 is 1.38 bits per heavy atom. The summed E-state index contributed by atoms with van der Waals surface area (Å²) in [6.45, 7) is 4.32. The van der Waals surface area contributed by atoms with Crippen LogP contribution in [0, 0.1) is 0 Å². The molecular formula is C13H15ClN2. The van der Waals surface area contributed by atoms with Crippen LogP contribution in [0.15, 0.2) is 36.7 Å². The smallest absolute Gasteiger partial charge is 0.0568 e. The fourth-order valence-corrected chi connectivity index (χ4v) is 1.77. The maximum Gasteiger partial charge on any atom is 0.0568 e. The minimum atomic E-state index is 0.438. The van der Waals surface area contributed by atoms with Crippen molar-refractivity contribution >= 4 is 11.6 Å². The van der Waals surface area contributed by atoms with Gasteiger partial charge >= 0.3 is 0 Å². The van der Waals surface area contributed by atoms with Gasteiger partial charge in [0.2, 0.25) is 0 Å². The van der Waals surface area contributed by atoms with Crippen LogP contribution < -0.4 is 0 Å². The molecule has 0 saturated carbocycles. The lowest BCUT2D eigenvalue weighted by atomic mass is 10.1. The summed E-state index contributed by atoms with van der Waals surface area (Å²) < 4.78 is 2.00. The maximum absolute atomic E-state index is 5.96. The van der Waals surface area contributed by atoms with Crippen LogP contribution in [0.4, 0.5) is 0 Å². The number of hydrogen-bond donors (Lipinski definition) is 0. The Balaban J connectivity index is 2.31. The first-order valence-electron chi connectivity index (χ1n) is 5.51. The first kappa shape index (κ1) is 11.2. The molecule has 2 aromatic rings. The molecule has 1 heterocycles. The fraction of sp³-hybridized carbons (Fsp3) is 0.308. The summed E-state index contributed by atoms with van der Waals surface area (Å²) in [4.78, 5) is 0. The topological polar surface area (TPSA) is 17.8 Å². The molecule has 0 N–H and O–H groups in total. The first-order valence-corrected chi connectivity index (χ1v) is 5.88. The predicted molar refractivity (Wildman–Crippen MR) is 67.7 cm³/mol. The Kier molecular flexibility index (Phi) is 3.30. The van der Waals surface area contributed by atoms with Crippen molar-refractivity contribution < 1.29 is 0 Å². The molecule has 0 radical (unpaired) electrons. The van der Waals surface area contributed by atoms with Gasteiger partial charge in [-0.3, -0.25) is 4.68 Å². The lowest BCUT2D eigenvalue weighted by molar-refractivity contribution is 0.478. The van der Waals surface area contributed by atoms with Gasteiger partial charge in [-0.05, 0) is 31.0 Å². The van der Waals surface area contributed by atoms with E-state index in [1.165, 1.54) is 0 Å². The van der Waals surface area contributed by atoms with E-state index >= 15 is 0 Å². The molecule has 1 aromatic heterocycles. The molecule has 1 aromatic carbocycles. The highest BCUT2D eigenvalue weighted by Gasteiger charge is 2.06. The summed E-state index contributed by atoms with van der Waals surface area (Å²) in [5, 5.41) is 5.12. The molecular weight excluding hydrogens is 220 g/mol. The highest BCUT2D eigenvalue weighted by atomic mass is 35.5. The average molecular weight is 235 g/mol. The lowest BCUT2D eigenvalue weighted by Crippen LogP contribution is -2.03. The number of nitrogens with zero attached hydrogens (tertiary/aromatic N) is 2. The van der Waals surface area contributed by atoms with E-state index < -0.39 is 0 Å². The second-order valence-electron chi connectivity index (χ2n) is 3.98. The van der Waals surface area contributed by atoms with Crippen molar-refractivity contribution in [2.75, 3.05) is 0 Å². The van der Waals surface area contributed by atoms with E-state index in [9.17, 15) is 0 Å². The molecule has 2 rings (SSSR count). The zero-order valence-electron chi connectivity index (χ0n) is 9.52. The van der Waals surface area contributed by atoms with Crippen LogP contribution in [-0.4, -0.2) is 9.78 Å². The Morgan fingerprint density at radius 2 is 2.19 bits per heavy atom. The van der Waals surface area contributed by atoms with Gasteiger partial charge in [0.25, 0.3) is 0 Å². The molecule has 1 atom stereocenters. The summed E-state index contributed by atoms with van der Waals surface area (Å²) in [5.74, 6) is 0. The van der Waals surface area contributed by atoms with Crippen molar-refractivity contribution in [2.45, 2.75) is 26.3 Å². The Morgan fingerprint density at radius 3 is 2.88 bits per heavy atom. The fourth-order valence-electron chi connectivity index (χ4n) is 1.58. The maximum atomic E-state index is 5.96. The highest BCUT2D eigenvalue weighted by molar-refractivity contribution is 6.30. The van der Waals surface area contributed by atoms with E-state index in [1.54, 1.807) is 0 Å². The highest BCUT2D eigenvalue weighted by Crippen LogP contribution is 2.23. The Hall–Kier alpha value is -1.28. The molecule has 0 spiro atoms. The van der Waals surface area contributed by atoms with Crippen molar-refractivity contribution in [2.24, 2.45) is 0 Å². The van der Waals surface area contributed by atoms with Gasteiger partial charge in [0, 0.05) is 22.8 Å². The van der Waals surface area contributed by atoms with Crippen LogP contribution in [0.1, 0.15) is 26.3 Å². The molecule has 0 aliphatic heterocycles. The van der Waals surface area contributed by atoms with Gasteiger partial charge in [0.1, 0.15) is 0 Å². The third kappa shape index (κ3) is 2.27. The number of rotatable bonds is 3. The van der Waals surface area contributed by atoms with Gasteiger partial charge < -0.3 is 0 Å². The molecule has 0 aliphatic rings. The van der Waals surface area contributed by atoms with Crippen molar-refractivity contribution in [3.63, 3.8) is 0 Å². The van der Waals surface area contributed by atoms with Crippen LogP contribution in [0.3, 0.4) is 0 Å². The average Bonchev–Trinajstić information content (AvgIpc) is 2.77. The van der Waals surface area contributed by atoms with Crippen molar-refractivity contribution in [1.29, 1.82) is 0 Å². The van der Waals surface area contributed by atoms with Gasteiger partial charge in [-0.2, -0.15) is 5.10 Å². The normalized spacial score (nSPS) is 12.7. The van der Waals surface area contributed by atoms with Crippen LogP contribution in [0.25, 0.3) is 11.1 Å². The second-order valence-corrected chi connectivity index (χ2v) is 4.41. The summed E-state index contributed by atoms with van der Waals surface area (Å²) >= 11 is 5.96. The number of halogens is 1. The minimum absolute atomic E-state index is 0.438. The first-order chi connectivity index (χ1) is 7.70. The SMILES string of the molecule is CCC(C)n1cc(-c2cccc(Cl)c2)cn1. The largest absolute Gasteiger partial charge is 0.269 e. The van der Waals surface area contributed by atoms with Crippen molar-refractivity contribution in [3.05, 3.63) is 41.7 Å². The van der Waals surface area contributed by atoms with Gasteiger partial charge in [0.15, 0.2) is 0 Å². The number of hydrogen-bond acceptors (Lipinski definition) is 1. The van der Waals surface area contributed by atoms with Gasteiger partial charge in [-0.15, -0.1) is 0 Å². The lowest BCUT2D eigenvalue weighted by Gasteiger charge is -2.07. The van der Waals surface area contributed by atoms with Gasteiger partial charge in [-0.1, -0.05) is 30.7 Å². The van der Waals surface area contributed by atoms with E-state index in [0.717, 1.165) is 22.6 Å². The van der Waals surface area contributed by atoms with Crippen LogP contribution in [-0.2, 0) is 0 Å². The molecule has 0 fully saturated rings. The molecule has 0 aliphatic carbocycles. The van der Waals surface area contributed by atoms with Crippen LogP contribution >= 0.6 is 11.6 Å². The summed E-state index contributed by atoms with van der Waals surface area (Å²) in [7, 11) is 0. The van der Waals surface area contributed by atoms with E-state index in [2.05, 4.69) is 25.1 Å². The van der Waals surface area contributed by atoms with E-state index in [-0.39, 0.29) is 0 Å². The molecule has 16 heavy (non-hydrogen) atoms. The Bertz CT molecular complexity index is 476. The minimum Gasteiger partial charge on any atom is -0.269 e. The number of benzene rings is 1. The summed E-state index contributed by atoms with van der Waals surface area (Å²) in [6, 6.07) is 8.28. The zero-order chi connectivity index (χ0) is 11.5. The molecule has 0 saturated heterocycles. The third-order valence-corrected chi connectivity index (χ3v) is 3.04. The Labute approximate surface area is 101 Å². The van der Waals surface area contributed by atoms with E-state index in [4.69, 9.17) is 11.6 Å². The van der Waals surface area contributed by atoms with Crippen LogP contribution in [0.5, 0.6) is 0 Å². The predicted octanol–water partition coefficient (Wildman–Crippen LogP) is 4.17. The van der Waals surface area contributed by atoms with Crippen molar-refractivity contribution in [1.82, 2.24) is 9.78 Å². The van der Waals surface area contributed by atoms with Gasteiger partial charge in [0.05, 0.1) is 6.20 Å². The molecule has 2 nitrogen and oxygen atoms in total. The second kappa shape index (κ2) is 4.71. The van der Waals surface area contributed by atoms with Gasteiger partial charge in [-0.25, -0.2) is 0 Å². The van der Waals surface area contributed by atoms with Crippen LogP contribution in [0.2, 0.25) is 5.02 Å². The third-order valence-electron chi connectivity index (χ3n) is 2.80. The molecule has 84 valence electrons. The molecule has 0 amide bonds. The molecule has 0 bridgehead atoms.